The monoisotopic (exact) mass is 286 g/mol. The number of rotatable bonds is 1. The molecule has 0 N–H and O–H groups in total. The van der Waals surface area contributed by atoms with Crippen LogP contribution >= 0.6 is 0 Å². The Morgan fingerprint density at radius 3 is 2.91 bits per heavy atom. The van der Waals surface area contributed by atoms with Crippen molar-refractivity contribution >= 4 is 28.2 Å². The molecule has 2 aromatic carbocycles. The second-order valence-electron chi connectivity index (χ2n) is 6.19. The SMILES string of the molecule is C=Cc1cc(C)c2c3c(ccc2c1)C1=C(CCC=C1)CC3=O. The zero-order valence-corrected chi connectivity index (χ0v) is 12.8. The highest BCUT2D eigenvalue weighted by molar-refractivity contribution is 6.16. The smallest absolute Gasteiger partial charge is 0.168 e. The quantitative estimate of drug-likeness (QED) is 0.678. The highest BCUT2D eigenvalue weighted by atomic mass is 16.1. The van der Waals surface area contributed by atoms with E-state index in [9.17, 15) is 4.79 Å². The summed E-state index contributed by atoms with van der Waals surface area (Å²) < 4.78 is 0. The molecular weight excluding hydrogens is 268 g/mol. The van der Waals surface area contributed by atoms with Crippen LogP contribution in [0.5, 0.6) is 0 Å². The van der Waals surface area contributed by atoms with Gasteiger partial charge in [-0.05, 0) is 58.9 Å². The summed E-state index contributed by atoms with van der Waals surface area (Å²) in [5.41, 5.74) is 6.86. The summed E-state index contributed by atoms with van der Waals surface area (Å²) in [5, 5.41) is 2.24. The summed E-state index contributed by atoms with van der Waals surface area (Å²) in [7, 11) is 0. The summed E-state index contributed by atoms with van der Waals surface area (Å²) in [6, 6.07) is 8.48. The number of fused-ring (bicyclic) bond motifs is 4. The molecular formula is C21H18O. The van der Waals surface area contributed by atoms with Crippen LogP contribution in [0.25, 0.3) is 22.4 Å². The summed E-state index contributed by atoms with van der Waals surface area (Å²) in [6.07, 6.45) is 8.92. The van der Waals surface area contributed by atoms with Gasteiger partial charge in [0.2, 0.25) is 0 Å². The molecule has 0 unspecified atom stereocenters. The van der Waals surface area contributed by atoms with Gasteiger partial charge < -0.3 is 0 Å². The average molecular weight is 286 g/mol. The van der Waals surface area contributed by atoms with Gasteiger partial charge in [-0.25, -0.2) is 0 Å². The van der Waals surface area contributed by atoms with E-state index < -0.39 is 0 Å². The van der Waals surface area contributed by atoms with Crippen LogP contribution in [0.1, 0.15) is 46.3 Å². The summed E-state index contributed by atoms with van der Waals surface area (Å²) in [6.45, 7) is 5.94. The first-order valence-electron chi connectivity index (χ1n) is 7.81. The van der Waals surface area contributed by atoms with Crippen molar-refractivity contribution in [1.82, 2.24) is 0 Å². The minimum atomic E-state index is 0.268. The number of aryl methyl sites for hydroxylation is 1. The van der Waals surface area contributed by atoms with Crippen molar-refractivity contribution in [3.05, 3.63) is 70.8 Å². The number of carbonyl (C=O) groups excluding carboxylic acids is 1. The van der Waals surface area contributed by atoms with E-state index in [1.807, 2.05) is 6.08 Å². The largest absolute Gasteiger partial charge is 0.294 e. The second kappa shape index (κ2) is 4.81. The molecule has 1 heteroatoms. The third-order valence-corrected chi connectivity index (χ3v) is 4.79. The van der Waals surface area contributed by atoms with Crippen LogP contribution < -0.4 is 0 Å². The van der Waals surface area contributed by atoms with Gasteiger partial charge in [-0.1, -0.05) is 48.6 Å². The predicted octanol–water partition coefficient (Wildman–Crippen LogP) is 5.48. The van der Waals surface area contributed by atoms with Crippen LogP contribution in [0.2, 0.25) is 0 Å². The van der Waals surface area contributed by atoms with Gasteiger partial charge >= 0.3 is 0 Å². The van der Waals surface area contributed by atoms with Gasteiger partial charge in [-0.15, -0.1) is 0 Å². The zero-order chi connectivity index (χ0) is 15.3. The lowest BCUT2D eigenvalue weighted by Crippen LogP contribution is -2.14. The van der Waals surface area contributed by atoms with Crippen LogP contribution in [-0.2, 0) is 0 Å². The molecule has 2 aliphatic rings. The van der Waals surface area contributed by atoms with Gasteiger partial charge in [0.05, 0.1) is 0 Å². The van der Waals surface area contributed by atoms with E-state index >= 15 is 0 Å². The number of ketones is 1. The van der Waals surface area contributed by atoms with Gasteiger partial charge in [0, 0.05) is 12.0 Å². The highest BCUT2D eigenvalue weighted by Gasteiger charge is 2.27. The molecule has 1 nitrogen and oxygen atoms in total. The molecule has 0 bridgehead atoms. The third kappa shape index (κ3) is 1.82. The predicted molar refractivity (Wildman–Crippen MR) is 93.0 cm³/mol. The first kappa shape index (κ1) is 13.3. The van der Waals surface area contributed by atoms with E-state index in [-0.39, 0.29) is 5.78 Å². The molecule has 0 saturated heterocycles. The van der Waals surface area contributed by atoms with Gasteiger partial charge in [0.1, 0.15) is 0 Å². The van der Waals surface area contributed by atoms with Crippen LogP contribution in [-0.4, -0.2) is 5.78 Å². The second-order valence-corrected chi connectivity index (χ2v) is 6.19. The van der Waals surface area contributed by atoms with Crippen LogP contribution in [0.4, 0.5) is 0 Å². The van der Waals surface area contributed by atoms with Crippen molar-refractivity contribution in [1.29, 1.82) is 0 Å². The number of Topliss-reactive ketones (excluding diaryl/α,β-unsaturated/α-hetero) is 1. The van der Waals surface area contributed by atoms with Crippen molar-refractivity contribution in [3.63, 3.8) is 0 Å². The van der Waals surface area contributed by atoms with Crippen molar-refractivity contribution in [2.24, 2.45) is 0 Å². The van der Waals surface area contributed by atoms with Crippen LogP contribution in [0, 0.1) is 6.92 Å². The molecule has 22 heavy (non-hydrogen) atoms. The molecule has 2 aromatic rings. The first-order chi connectivity index (χ1) is 10.7. The van der Waals surface area contributed by atoms with Crippen molar-refractivity contribution in [2.75, 3.05) is 0 Å². The average Bonchev–Trinajstić information content (AvgIpc) is 2.54. The van der Waals surface area contributed by atoms with Crippen LogP contribution in [0.3, 0.4) is 0 Å². The molecule has 0 spiro atoms. The Balaban J connectivity index is 2.09. The molecule has 0 radical (unpaired) electrons. The van der Waals surface area contributed by atoms with E-state index in [1.54, 1.807) is 0 Å². The topological polar surface area (TPSA) is 17.1 Å². The molecule has 2 aliphatic carbocycles. The molecule has 0 atom stereocenters. The minimum Gasteiger partial charge on any atom is -0.294 e. The first-order valence-corrected chi connectivity index (χ1v) is 7.81. The van der Waals surface area contributed by atoms with Crippen molar-refractivity contribution < 1.29 is 4.79 Å². The molecule has 0 fully saturated rings. The Bertz CT molecular complexity index is 894. The zero-order valence-electron chi connectivity index (χ0n) is 12.8. The van der Waals surface area contributed by atoms with Crippen LogP contribution in [0.15, 0.2) is 48.6 Å². The van der Waals surface area contributed by atoms with E-state index in [0.29, 0.717) is 6.42 Å². The molecule has 0 saturated carbocycles. The van der Waals surface area contributed by atoms with Crippen molar-refractivity contribution in [2.45, 2.75) is 26.2 Å². The lowest BCUT2D eigenvalue weighted by atomic mass is 9.78. The number of benzene rings is 2. The van der Waals surface area contributed by atoms with Gasteiger partial charge in [0.15, 0.2) is 5.78 Å². The Hall–Kier alpha value is -2.41. The summed E-state index contributed by atoms with van der Waals surface area (Å²) >= 11 is 0. The summed E-state index contributed by atoms with van der Waals surface area (Å²) in [5.74, 6) is 0.268. The third-order valence-electron chi connectivity index (χ3n) is 4.79. The van der Waals surface area contributed by atoms with Gasteiger partial charge in [0.25, 0.3) is 0 Å². The number of hydrogen-bond donors (Lipinski definition) is 0. The lowest BCUT2D eigenvalue weighted by Gasteiger charge is -2.25. The normalized spacial score (nSPS) is 16.7. The fourth-order valence-electron chi connectivity index (χ4n) is 3.80. The summed E-state index contributed by atoms with van der Waals surface area (Å²) in [4.78, 5) is 12.8. The maximum absolute atomic E-state index is 12.8. The Kier molecular flexibility index (Phi) is 2.90. The molecule has 0 amide bonds. The van der Waals surface area contributed by atoms with Gasteiger partial charge in [-0.2, -0.15) is 0 Å². The number of hydrogen-bond acceptors (Lipinski definition) is 1. The Morgan fingerprint density at radius 2 is 2.09 bits per heavy atom. The van der Waals surface area contributed by atoms with E-state index in [2.05, 4.69) is 49.9 Å². The fraction of sp³-hybridized carbons (Fsp3) is 0.190. The molecule has 0 aliphatic heterocycles. The highest BCUT2D eigenvalue weighted by Crippen LogP contribution is 2.40. The van der Waals surface area contributed by atoms with E-state index in [4.69, 9.17) is 0 Å². The Labute approximate surface area is 130 Å². The van der Waals surface area contributed by atoms with Crippen molar-refractivity contribution in [3.8, 4) is 0 Å². The Morgan fingerprint density at radius 1 is 1.23 bits per heavy atom. The minimum absolute atomic E-state index is 0.268. The number of carbonyl (C=O) groups is 1. The van der Waals surface area contributed by atoms with E-state index in [0.717, 1.165) is 45.9 Å². The van der Waals surface area contributed by atoms with E-state index in [1.165, 1.54) is 11.1 Å². The molecule has 4 rings (SSSR count). The molecule has 108 valence electrons. The van der Waals surface area contributed by atoms with Gasteiger partial charge in [-0.3, -0.25) is 4.79 Å². The maximum atomic E-state index is 12.8. The number of allylic oxidation sites excluding steroid dienone is 4. The molecule has 0 aromatic heterocycles. The standard InChI is InChI=1S/C21H18O/c1-3-14-10-13(2)20-16(11-14)8-9-18-17-7-5-4-6-15(17)12-19(22)21(18)20/h3,5,7-11H,1,4,6,12H2,2H3. The maximum Gasteiger partial charge on any atom is 0.168 e. The molecule has 0 heterocycles. The fourth-order valence-corrected chi connectivity index (χ4v) is 3.80. The lowest BCUT2D eigenvalue weighted by molar-refractivity contribution is 0.0991.